The third kappa shape index (κ3) is 4.16. The predicted octanol–water partition coefficient (Wildman–Crippen LogP) is 2.49. The molecule has 1 aliphatic carbocycles. The van der Waals surface area contributed by atoms with Gasteiger partial charge < -0.3 is 10.1 Å². The zero-order valence-electron chi connectivity index (χ0n) is 15.7. The van der Waals surface area contributed by atoms with Crippen LogP contribution in [0.1, 0.15) is 41.9 Å². The highest BCUT2D eigenvalue weighted by Gasteiger charge is 2.24. The highest BCUT2D eigenvalue weighted by Crippen LogP contribution is 2.25. The number of nitrogens with one attached hydrogen (secondary N) is 1. The molecule has 28 heavy (non-hydrogen) atoms. The predicted molar refractivity (Wildman–Crippen MR) is 102 cm³/mol. The number of aryl methyl sites for hydroxylation is 1. The van der Waals surface area contributed by atoms with Gasteiger partial charge in [0.25, 0.3) is 5.91 Å². The summed E-state index contributed by atoms with van der Waals surface area (Å²) >= 11 is 0. The van der Waals surface area contributed by atoms with Gasteiger partial charge in [0.15, 0.2) is 0 Å². The molecule has 0 radical (unpaired) electrons. The second kappa shape index (κ2) is 8.16. The number of amides is 1. The van der Waals surface area contributed by atoms with E-state index in [1.807, 2.05) is 25.1 Å². The zero-order chi connectivity index (χ0) is 19.3. The first-order chi connectivity index (χ1) is 13.7. The van der Waals surface area contributed by atoms with Crippen molar-refractivity contribution in [2.24, 2.45) is 0 Å². The van der Waals surface area contributed by atoms with Crippen LogP contribution < -0.4 is 10.1 Å². The second-order valence-corrected chi connectivity index (χ2v) is 6.90. The molecular weight excluding hydrogens is 356 g/mol. The van der Waals surface area contributed by atoms with Crippen LogP contribution in [-0.2, 0) is 0 Å². The molecule has 0 atom stereocenters. The van der Waals surface area contributed by atoms with Crippen molar-refractivity contribution in [3.05, 3.63) is 60.6 Å². The van der Waals surface area contributed by atoms with E-state index in [0.29, 0.717) is 11.5 Å². The van der Waals surface area contributed by atoms with Gasteiger partial charge in [0.2, 0.25) is 0 Å². The summed E-state index contributed by atoms with van der Waals surface area (Å²) in [6.45, 7) is 1.95. The van der Waals surface area contributed by atoms with E-state index in [-0.39, 0.29) is 18.1 Å². The molecule has 0 unspecified atom stereocenters. The minimum absolute atomic E-state index is 0.128. The van der Waals surface area contributed by atoms with Gasteiger partial charge in [-0.25, -0.2) is 4.98 Å². The average molecular weight is 378 g/mol. The van der Waals surface area contributed by atoms with Gasteiger partial charge in [0.05, 0.1) is 11.8 Å². The summed E-state index contributed by atoms with van der Waals surface area (Å²) in [4.78, 5) is 21.3. The van der Waals surface area contributed by atoms with Crippen molar-refractivity contribution in [1.29, 1.82) is 0 Å². The van der Waals surface area contributed by atoms with Crippen LogP contribution in [0.25, 0.3) is 5.82 Å². The number of aromatic nitrogens is 5. The highest BCUT2D eigenvalue weighted by molar-refractivity contribution is 5.92. The van der Waals surface area contributed by atoms with Crippen molar-refractivity contribution in [2.75, 3.05) is 0 Å². The van der Waals surface area contributed by atoms with E-state index in [9.17, 15) is 4.79 Å². The summed E-state index contributed by atoms with van der Waals surface area (Å²) < 4.78 is 7.75. The van der Waals surface area contributed by atoms with Gasteiger partial charge >= 0.3 is 0 Å². The van der Waals surface area contributed by atoms with Crippen molar-refractivity contribution in [3.8, 4) is 11.6 Å². The van der Waals surface area contributed by atoms with Gasteiger partial charge in [0, 0.05) is 12.2 Å². The van der Waals surface area contributed by atoms with Gasteiger partial charge in [0.1, 0.15) is 29.9 Å². The lowest BCUT2D eigenvalue weighted by Crippen LogP contribution is -2.40. The van der Waals surface area contributed by atoms with Crippen LogP contribution in [0.2, 0.25) is 0 Å². The third-order valence-electron chi connectivity index (χ3n) is 4.91. The molecule has 1 N–H and O–H groups in total. The zero-order valence-corrected chi connectivity index (χ0v) is 15.7. The monoisotopic (exact) mass is 378 g/mol. The number of hydrogen-bond acceptors (Lipinski definition) is 6. The summed E-state index contributed by atoms with van der Waals surface area (Å²) in [5.41, 5.74) is 1.28. The molecule has 3 aromatic rings. The number of ether oxygens (including phenoxy) is 1. The first-order valence-corrected chi connectivity index (χ1v) is 9.40. The van der Waals surface area contributed by atoms with E-state index >= 15 is 0 Å². The molecule has 1 amide bonds. The first-order valence-electron chi connectivity index (χ1n) is 9.40. The maximum absolute atomic E-state index is 12.6. The third-order valence-corrected chi connectivity index (χ3v) is 4.91. The van der Waals surface area contributed by atoms with E-state index in [0.717, 1.165) is 37.1 Å². The summed E-state index contributed by atoms with van der Waals surface area (Å²) in [6, 6.07) is 9.28. The molecular formula is C20H22N6O2. The Kier molecular flexibility index (Phi) is 5.27. The number of hydrogen-bond donors (Lipinski definition) is 1. The molecule has 1 saturated carbocycles. The Labute approximate surface area is 163 Å². The number of carbonyl (C=O) groups is 1. The van der Waals surface area contributed by atoms with Crippen molar-refractivity contribution < 1.29 is 9.53 Å². The summed E-state index contributed by atoms with van der Waals surface area (Å²) in [7, 11) is 0. The Balaban J connectivity index is 1.32. The molecule has 4 rings (SSSR count). The molecule has 1 fully saturated rings. The number of nitrogens with zero attached hydrogens (tertiary/aromatic N) is 5. The van der Waals surface area contributed by atoms with Crippen LogP contribution in [0.4, 0.5) is 0 Å². The largest absolute Gasteiger partial charge is 0.489 e. The normalized spacial score (nSPS) is 19.2. The van der Waals surface area contributed by atoms with Crippen LogP contribution in [0.3, 0.4) is 0 Å². The Morgan fingerprint density at radius 2 is 1.89 bits per heavy atom. The molecule has 3 aromatic heterocycles. The lowest BCUT2D eigenvalue weighted by molar-refractivity contribution is 0.0888. The molecule has 3 heterocycles. The quantitative estimate of drug-likeness (QED) is 0.733. The summed E-state index contributed by atoms with van der Waals surface area (Å²) in [5.74, 6) is 1.29. The maximum atomic E-state index is 12.6. The van der Waals surface area contributed by atoms with Crippen LogP contribution in [0, 0.1) is 6.92 Å². The van der Waals surface area contributed by atoms with Gasteiger partial charge in [-0.1, -0.05) is 6.07 Å². The van der Waals surface area contributed by atoms with Crippen LogP contribution in [-0.4, -0.2) is 42.8 Å². The van der Waals surface area contributed by atoms with E-state index in [1.54, 1.807) is 35.6 Å². The molecule has 0 aromatic carbocycles. The average Bonchev–Trinajstić information content (AvgIpc) is 3.26. The van der Waals surface area contributed by atoms with Crippen molar-refractivity contribution in [3.63, 3.8) is 0 Å². The molecule has 0 saturated heterocycles. The number of carbonyl (C=O) groups excluding carboxylic acids is 1. The topological polar surface area (TPSA) is 94.8 Å². The maximum Gasteiger partial charge on any atom is 0.270 e. The fraction of sp³-hybridized carbons (Fsp3) is 0.350. The van der Waals surface area contributed by atoms with Gasteiger partial charge in [-0.3, -0.25) is 14.3 Å². The fourth-order valence-electron chi connectivity index (χ4n) is 3.37. The van der Waals surface area contributed by atoms with Crippen molar-refractivity contribution in [1.82, 2.24) is 30.0 Å². The van der Waals surface area contributed by atoms with Crippen LogP contribution in [0.5, 0.6) is 5.75 Å². The Hall–Kier alpha value is -3.29. The minimum Gasteiger partial charge on any atom is -0.489 e. The minimum atomic E-state index is -0.164. The molecule has 8 heteroatoms. The molecule has 0 aliphatic heterocycles. The van der Waals surface area contributed by atoms with E-state index in [1.165, 1.54) is 0 Å². The van der Waals surface area contributed by atoms with Gasteiger partial charge in [-0.05, 0) is 56.9 Å². The van der Waals surface area contributed by atoms with Crippen LogP contribution >= 0.6 is 0 Å². The fourth-order valence-corrected chi connectivity index (χ4v) is 3.37. The molecule has 1 aliphatic rings. The number of pyridine rings is 2. The first kappa shape index (κ1) is 18.1. The molecule has 0 spiro atoms. The second-order valence-electron chi connectivity index (χ2n) is 6.90. The smallest absolute Gasteiger partial charge is 0.270 e. The van der Waals surface area contributed by atoms with E-state index in [2.05, 4.69) is 25.5 Å². The van der Waals surface area contributed by atoms with E-state index < -0.39 is 0 Å². The summed E-state index contributed by atoms with van der Waals surface area (Å²) in [5, 5.41) is 10.6. The SMILES string of the molecule is Cc1ncccc1OC1CCC(NC(=O)c2cccc(-n3cnnc3)n2)CC1. The van der Waals surface area contributed by atoms with Gasteiger partial charge in [-0.2, -0.15) is 0 Å². The Bertz CT molecular complexity index is 935. The standard InChI is InChI=1S/C20H22N6O2/c1-14-18(5-3-11-21-14)28-16-9-7-15(8-10-16)24-20(27)17-4-2-6-19(25-17)26-12-22-23-13-26/h2-6,11-13,15-16H,7-10H2,1H3,(H,24,27). The Morgan fingerprint density at radius 1 is 1.11 bits per heavy atom. The lowest BCUT2D eigenvalue weighted by atomic mass is 9.92. The lowest BCUT2D eigenvalue weighted by Gasteiger charge is -2.29. The Morgan fingerprint density at radius 3 is 2.64 bits per heavy atom. The molecule has 0 bridgehead atoms. The van der Waals surface area contributed by atoms with E-state index in [4.69, 9.17) is 4.74 Å². The highest BCUT2D eigenvalue weighted by atomic mass is 16.5. The van der Waals surface area contributed by atoms with Crippen molar-refractivity contribution in [2.45, 2.75) is 44.8 Å². The van der Waals surface area contributed by atoms with Crippen LogP contribution in [0.15, 0.2) is 49.2 Å². The number of rotatable bonds is 5. The van der Waals surface area contributed by atoms with Gasteiger partial charge in [-0.15, -0.1) is 10.2 Å². The summed E-state index contributed by atoms with van der Waals surface area (Å²) in [6.07, 6.45) is 8.57. The molecule has 8 nitrogen and oxygen atoms in total. The van der Waals surface area contributed by atoms with Crippen molar-refractivity contribution >= 4 is 5.91 Å². The molecule has 144 valence electrons.